The molecular weight excluding hydrogens is 256 g/mol. The zero-order valence-corrected chi connectivity index (χ0v) is 13.9. The Balaban J connectivity index is 4.98. The predicted octanol–water partition coefficient (Wildman–Crippen LogP) is 3.88. The van der Waals surface area contributed by atoms with Gasteiger partial charge in [0.15, 0.2) is 5.41 Å². The zero-order chi connectivity index (χ0) is 16.1. The first-order chi connectivity index (χ1) is 8.96. The van der Waals surface area contributed by atoms with Crippen LogP contribution in [0.4, 0.5) is 0 Å². The average Bonchev–Trinajstić information content (AvgIpc) is 2.30. The van der Waals surface area contributed by atoms with Crippen LogP contribution in [-0.2, 0) is 14.3 Å². The maximum absolute atomic E-state index is 12.4. The Bertz CT molecular complexity index is 341. The molecule has 0 aromatic carbocycles. The molecule has 0 aliphatic heterocycles. The van der Waals surface area contributed by atoms with E-state index in [1.165, 1.54) is 6.92 Å². The standard InChI is InChI=1S/C16H30O4/c1-8-12(10-9-11(2)3)20-14(19)16(7,13(17)18)15(4,5)6/h11-12H,8-10H2,1-7H3,(H,17,18). The summed E-state index contributed by atoms with van der Waals surface area (Å²) in [4.78, 5) is 23.9. The fourth-order valence-corrected chi connectivity index (χ4v) is 1.85. The largest absolute Gasteiger partial charge is 0.480 e. The van der Waals surface area contributed by atoms with E-state index in [0.29, 0.717) is 12.3 Å². The SMILES string of the molecule is CCC(CCC(C)C)OC(=O)C(C)(C(=O)O)C(C)(C)C. The molecule has 0 bridgehead atoms. The Hall–Kier alpha value is -1.06. The van der Waals surface area contributed by atoms with Gasteiger partial charge in [-0.3, -0.25) is 9.59 Å². The van der Waals surface area contributed by atoms with Gasteiger partial charge in [0.1, 0.15) is 6.10 Å². The third-order valence-corrected chi connectivity index (χ3v) is 4.13. The molecule has 0 heterocycles. The summed E-state index contributed by atoms with van der Waals surface area (Å²) in [5.41, 5.74) is -2.23. The number of hydrogen-bond acceptors (Lipinski definition) is 3. The molecule has 0 saturated carbocycles. The molecule has 2 unspecified atom stereocenters. The van der Waals surface area contributed by atoms with E-state index in [1.54, 1.807) is 20.8 Å². The first-order valence-electron chi connectivity index (χ1n) is 7.41. The van der Waals surface area contributed by atoms with Gasteiger partial charge in [0.25, 0.3) is 0 Å². The quantitative estimate of drug-likeness (QED) is 0.570. The van der Waals surface area contributed by atoms with E-state index >= 15 is 0 Å². The fourth-order valence-electron chi connectivity index (χ4n) is 1.85. The smallest absolute Gasteiger partial charge is 0.324 e. The van der Waals surface area contributed by atoms with Crippen molar-refractivity contribution in [2.24, 2.45) is 16.7 Å². The maximum Gasteiger partial charge on any atom is 0.324 e. The second-order valence-electron chi connectivity index (χ2n) is 7.09. The third-order valence-electron chi connectivity index (χ3n) is 4.13. The van der Waals surface area contributed by atoms with Crippen molar-refractivity contribution in [3.8, 4) is 0 Å². The topological polar surface area (TPSA) is 63.6 Å². The summed E-state index contributed by atoms with van der Waals surface area (Å²) >= 11 is 0. The molecule has 0 rings (SSSR count). The molecule has 0 spiro atoms. The second kappa shape index (κ2) is 7.09. The molecule has 4 nitrogen and oxygen atoms in total. The van der Waals surface area contributed by atoms with Crippen molar-refractivity contribution in [3.63, 3.8) is 0 Å². The molecule has 20 heavy (non-hydrogen) atoms. The van der Waals surface area contributed by atoms with Crippen molar-refractivity contribution in [2.75, 3.05) is 0 Å². The van der Waals surface area contributed by atoms with E-state index in [9.17, 15) is 14.7 Å². The number of ether oxygens (including phenoxy) is 1. The molecule has 0 aliphatic carbocycles. The first-order valence-corrected chi connectivity index (χ1v) is 7.41. The van der Waals surface area contributed by atoms with Gasteiger partial charge in [-0.15, -0.1) is 0 Å². The van der Waals surface area contributed by atoms with Gasteiger partial charge < -0.3 is 9.84 Å². The molecule has 0 radical (unpaired) electrons. The Kier molecular flexibility index (Phi) is 6.72. The van der Waals surface area contributed by atoms with Crippen LogP contribution in [-0.4, -0.2) is 23.1 Å². The molecular formula is C16H30O4. The molecule has 1 N–H and O–H groups in total. The Morgan fingerprint density at radius 3 is 1.90 bits per heavy atom. The van der Waals surface area contributed by atoms with Crippen LogP contribution in [0, 0.1) is 16.7 Å². The van der Waals surface area contributed by atoms with Crippen LogP contribution in [0.15, 0.2) is 0 Å². The van der Waals surface area contributed by atoms with Crippen LogP contribution >= 0.6 is 0 Å². The molecule has 118 valence electrons. The normalized spacial score (nSPS) is 16.6. The van der Waals surface area contributed by atoms with Gasteiger partial charge in [0.05, 0.1) is 0 Å². The summed E-state index contributed by atoms with van der Waals surface area (Å²) in [6.45, 7) is 12.9. The molecule has 0 aromatic rings. The lowest BCUT2D eigenvalue weighted by atomic mass is 9.68. The van der Waals surface area contributed by atoms with E-state index in [0.717, 1.165) is 12.8 Å². The second-order valence-corrected chi connectivity index (χ2v) is 7.09. The van der Waals surface area contributed by atoms with Gasteiger partial charge >= 0.3 is 11.9 Å². The highest BCUT2D eigenvalue weighted by Gasteiger charge is 2.53. The van der Waals surface area contributed by atoms with Crippen molar-refractivity contribution in [3.05, 3.63) is 0 Å². The Morgan fingerprint density at radius 2 is 1.60 bits per heavy atom. The highest BCUT2D eigenvalue weighted by molar-refractivity contribution is 5.99. The van der Waals surface area contributed by atoms with Crippen LogP contribution < -0.4 is 0 Å². The van der Waals surface area contributed by atoms with Crippen molar-refractivity contribution < 1.29 is 19.4 Å². The van der Waals surface area contributed by atoms with Crippen LogP contribution in [0.25, 0.3) is 0 Å². The minimum absolute atomic E-state index is 0.203. The minimum Gasteiger partial charge on any atom is -0.480 e. The number of carboxylic acid groups (broad SMARTS) is 1. The molecule has 0 aliphatic rings. The van der Waals surface area contributed by atoms with Gasteiger partial charge in [0.2, 0.25) is 0 Å². The number of carboxylic acids is 1. The van der Waals surface area contributed by atoms with Crippen molar-refractivity contribution in [1.29, 1.82) is 0 Å². The fraction of sp³-hybridized carbons (Fsp3) is 0.875. The number of hydrogen-bond donors (Lipinski definition) is 1. The monoisotopic (exact) mass is 286 g/mol. The summed E-state index contributed by atoms with van der Waals surface area (Å²) in [6.07, 6.45) is 2.24. The average molecular weight is 286 g/mol. The number of carbonyl (C=O) groups excluding carboxylic acids is 1. The third kappa shape index (κ3) is 4.50. The molecule has 0 aromatic heterocycles. The first kappa shape index (κ1) is 18.9. The molecule has 2 atom stereocenters. The molecule has 0 saturated heterocycles. The molecule has 4 heteroatoms. The van der Waals surface area contributed by atoms with E-state index in [4.69, 9.17) is 4.74 Å². The summed E-state index contributed by atoms with van der Waals surface area (Å²) in [5, 5.41) is 9.44. The summed E-state index contributed by atoms with van der Waals surface area (Å²) in [5.74, 6) is -1.22. The van der Waals surface area contributed by atoms with Crippen molar-refractivity contribution in [1.82, 2.24) is 0 Å². The number of carbonyl (C=O) groups is 2. The number of esters is 1. The van der Waals surface area contributed by atoms with Crippen LogP contribution in [0.1, 0.15) is 67.7 Å². The van der Waals surface area contributed by atoms with Crippen molar-refractivity contribution >= 4 is 11.9 Å². The lowest BCUT2D eigenvalue weighted by Gasteiger charge is -2.36. The van der Waals surface area contributed by atoms with Crippen LogP contribution in [0.2, 0.25) is 0 Å². The van der Waals surface area contributed by atoms with E-state index in [2.05, 4.69) is 13.8 Å². The van der Waals surface area contributed by atoms with Crippen LogP contribution in [0.3, 0.4) is 0 Å². The van der Waals surface area contributed by atoms with E-state index in [-0.39, 0.29) is 6.10 Å². The highest BCUT2D eigenvalue weighted by Crippen LogP contribution is 2.40. The van der Waals surface area contributed by atoms with Crippen molar-refractivity contribution in [2.45, 2.75) is 73.8 Å². The van der Waals surface area contributed by atoms with Gasteiger partial charge in [-0.2, -0.15) is 0 Å². The lowest BCUT2D eigenvalue weighted by Crippen LogP contribution is -2.48. The van der Waals surface area contributed by atoms with Gasteiger partial charge in [-0.1, -0.05) is 41.5 Å². The molecule has 0 amide bonds. The minimum atomic E-state index is -1.53. The van der Waals surface area contributed by atoms with E-state index in [1.807, 2.05) is 6.92 Å². The van der Waals surface area contributed by atoms with Gasteiger partial charge in [0, 0.05) is 0 Å². The number of rotatable bonds is 7. The summed E-state index contributed by atoms with van der Waals surface area (Å²) < 4.78 is 5.48. The van der Waals surface area contributed by atoms with E-state index < -0.39 is 22.8 Å². The highest BCUT2D eigenvalue weighted by atomic mass is 16.5. The number of aliphatic carboxylic acids is 1. The predicted molar refractivity (Wildman–Crippen MR) is 79.4 cm³/mol. The maximum atomic E-state index is 12.4. The Labute approximate surface area is 122 Å². The summed E-state index contributed by atoms with van der Waals surface area (Å²) in [7, 11) is 0. The summed E-state index contributed by atoms with van der Waals surface area (Å²) in [6, 6.07) is 0. The van der Waals surface area contributed by atoms with Crippen LogP contribution in [0.5, 0.6) is 0 Å². The van der Waals surface area contributed by atoms with Gasteiger partial charge in [-0.05, 0) is 37.5 Å². The van der Waals surface area contributed by atoms with Gasteiger partial charge in [-0.25, -0.2) is 0 Å². The Morgan fingerprint density at radius 1 is 1.10 bits per heavy atom. The zero-order valence-electron chi connectivity index (χ0n) is 13.9. The molecule has 0 fully saturated rings. The lowest BCUT2D eigenvalue weighted by molar-refractivity contribution is -0.180.